The summed E-state index contributed by atoms with van der Waals surface area (Å²) in [4.78, 5) is 17.7. The van der Waals surface area contributed by atoms with Gasteiger partial charge in [0.25, 0.3) is 0 Å². The van der Waals surface area contributed by atoms with Crippen LogP contribution in [0.5, 0.6) is 0 Å². The van der Waals surface area contributed by atoms with Crippen molar-refractivity contribution in [3.05, 3.63) is 0 Å². The highest BCUT2D eigenvalue weighted by Gasteiger charge is 2.34. The Kier molecular flexibility index (Phi) is 9.53. The molecule has 0 aromatic heterocycles. The van der Waals surface area contributed by atoms with Gasteiger partial charge in [-0.25, -0.2) is 14.2 Å². The second-order valence-electron chi connectivity index (χ2n) is 10.9. The fourth-order valence-corrected chi connectivity index (χ4v) is 6.18. The molecule has 34 heavy (non-hydrogen) atoms. The van der Waals surface area contributed by atoms with E-state index < -0.39 is 12.3 Å². The van der Waals surface area contributed by atoms with E-state index in [-0.39, 0.29) is 30.1 Å². The van der Waals surface area contributed by atoms with Crippen LogP contribution in [-0.2, 0) is 9.53 Å². The number of guanidine groups is 1. The van der Waals surface area contributed by atoms with Crippen LogP contribution in [-0.4, -0.2) is 56.2 Å². The summed E-state index contributed by atoms with van der Waals surface area (Å²) >= 11 is 0. The maximum Gasteiger partial charge on any atom is 0.229 e. The number of nitrogens with one attached hydrogen (secondary N) is 4. The second-order valence-corrected chi connectivity index (χ2v) is 10.9. The van der Waals surface area contributed by atoms with Gasteiger partial charge in [-0.15, -0.1) is 0 Å². The summed E-state index contributed by atoms with van der Waals surface area (Å²) in [7, 11) is 1.76. The maximum atomic E-state index is 13.9. The lowest BCUT2D eigenvalue weighted by molar-refractivity contribution is -0.125. The van der Waals surface area contributed by atoms with E-state index in [2.05, 4.69) is 21.5 Å². The van der Waals surface area contributed by atoms with Gasteiger partial charge >= 0.3 is 0 Å². The molecule has 1 aliphatic heterocycles. The number of ether oxygens (including phenoxy) is 1. The minimum atomic E-state index is -0.896. The molecule has 4 N–H and O–H groups in total. The lowest BCUT2D eigenvalue weighted by atomic mass is 9.82. The molecule has 4 fully saturated rings. The van der Waals surface area contributed by atoms with E-state index in [1.165, 1.54) is 0 Å². The number of methoxy groups -OCH3 is 1. The van der Waals surface area contributed by atoms with Crippen molar-refractivity contribution in [2.45, 2.75) is 114 Å². The van der Waals surface area contributed by atoms with Gasteiger partial charge in [-0.05, 0) is 88.9 Å². The predicted molar refractivity (Wildman–Crippen MR) is 129 cm³/mol. The average molecular weight is 484 g/mol. The molecule has 0 bridgehead atoms. The first-order valence-corrected chi connectivity index (χ1v) is 13.4. The Bertz CT molecular complexity index is 688. The zero-order chi connectivity index (χ0) is 23.9. The predicted octanol–water partition coefficient (Wildman–Crippen LogP) is 3.50. The van der Waals surface area contributed by atoms with Crippen LogP contribution >= 0.6 is 0 Å². The van der Waals surface area contributed by atoms with Crippen LogP contribution in [0, 0.1) is 17.8 Å². The van der Waals surface area contributed by atoms with E-state index in [9.17, 15) is 13.6 Å². The monoisotopic (exact) mass is 483 g/mol. The zero-order valence-corrected chi connectivity index (χ0v) is 20.5. The van der Waals surface area contributed by atoms with Crippen molar-refractivity contribution < 1.29 is 18.3 Å². The van der Waals surface area contributed by atoms with Crippen molar-refractivity contribution in [3.8, 4) is 0 Å². The highest BCUT2D eigenvalue weighted by molar-refractivity contribution is 5.98. The number of rotatable bonds is 6. The minimum absolute atomic E-state index is 0.0782. The number of hydrogen-bond acceptors (Lipinski definition) is 5. The summed E-state index contributed by atoms with van der Waals surface area (Å²) in [6.07, 6.45) is 9.20. The van der Waals surface area contributed by atoms with E-state index in [4.69, 9.17) is 9.73 Å². The third-order valence-corrected chi connectivity index (χ3v) is 8.31. The van der Waals surface area contributed by atoms with Crippen molar-refractivity contribution in [1.29, 1.82) is 0 Å². The average Bonchev–Trinajstić information content (AvgIpc) is 3.31. The molecule has 4 aliphatic rings. The summed E-state index contributed by atoms with van der Waals surface area (Å²) in [6, 6.07) is 0.272. The molecule has 0 radical (unpaired) electrons. The number of halogens is 2. The number of aliphatic imine (C=N–C) groups is 1. The number of hydrazine groups is 1. The molecule has 6 atom stereocenters. The Morgan fingerprint density at radius 2 is 1.74 bits per heavy atom. The van der Waals surface area contributed by atoms with Crippen molar-refractivity contribution in [2.24, 2.45) is 22.7 Å². The first-order chi connectivity index (χ1) is 16.5. The molecule has 9 heteroatoms. The number of nitrogens with zero attached hydrogens (tertiary/aromatic N) is 1. The Balaban J connectivity index is 1.35. The van der Waals surface area contributed by atoms with Gasteiger partial charge in [-0.1, -0.05) is 6.42 Å². The lowest BCUT2D eigenvalue weighted by Gasteiger charge is -2.29. The Labute approximate surface area is 202 Å². The molecule has 0 aromatic rings. The Morgan fingerprint density at radius 3 is 2.50 bits per heavy atom. The molecule has 194 valence electrons. The summed E-state index contributed by atoms with van der Waals surface area (Å²) in [6.45, 7) is 0.628. The lowest BCUT2D eigenvalue weighted by Crippen LogP contribution is -2.52. The van der Waals surface area contributed by atoms with E-state index in [1.54, 1.807) is 7.11 Å². The van der Waals surface area contributed by atoms with Gasteiger partial charge in [0, 0.05) is 25.6 Å². The van der Waals surface area contributed by atoms with Gasteiger partial charge in [-0.2, -0.15) is 0 Å². The zero-order valence-electron chi connectivity index (χ0n) is 20.5. The van der Waals surface area contributed by atoms with Crippen LogP contribution in [0.15, 0.2) is 4.99 Å². The van der Waals surface area contributed by atoms with E-state index in [1.807, 2.05) is 0 Å². The summed E-state index contributed by atoms with van der Waals surface area (Å²) in [5.41, 5.74) is 6.66. The largest absolute Gasteiger partial charge is 0.381 e. The normalized spacial score (nSPS) is 39.6. The van der Waals surface area contributed by atoms with Crippen LogP contribution in [0.2, 0.25) is 0 Å². The van der Waals surface area contributed by atoms with Crippen molar-refractivity contribution in [1.82, 2.24) is 21.5 Å². The Morgan fingerprint density at radius 1 is 0.941 bits per heavy atom. The van der Waals surface area contributed by atoms with Gasteiger partial charge in [-0.3, -0.25) is 20.5 Å². The maximum absolute atomic E-state index is 13.9. The molecular weight excluding hydrogens is 440 g/mol. The van der Waals surface area contributed by atoms with Gasteiger partial charge in [0.2, 0.25) is 5.91 Å². The van der Waals surface area contributed by atoms with Gasteiger partial charge < -0.3 is 10.1 Å². The fourth-order valence-electron chi connectivity index (χ4n) is 6.18. The molecule has 3 saturated carbocycles. The topological polar surface area (TPSA) is 86.8 Å². The van der Waals surface area contributed by atoms with Crippen LogP contribution in [0.1, 0.15) is 83.5 Å². The second kappa shape index (κ2) is 12.6. The minimum Gasteiger partial charge on any atom is -0.381 e. The molecule has 3 aliphatic carbocycles. The van der Waals surface area contributed by atoms with Gasteiger partial charge in [0.05, 0.1) is 12.3 Å². The molecule has 1 amide bonds. The smallest absolute Gasteiger partial charge is 0.229 e. The van der Waals surface area contributed by atoms with Crippen LogP contribution in [0.3, 0.4) is 0 Å². The SMILES string of the molecule is COC1CCCC(CN=C(NC(=O)C2CCCC(F)C2)NC2CC(C3CCC(F)CC3)NN2)C1. The summed E-state index contributed by atoms with van der Waals surface area (Å²) < 4.78 is 33.0. The molecule has 4 rings (SSSR count). The van der Waals surface area contributed by atoms with E-state index >= 15 is 0 Å². The van der Waals surface area contributed by atoms with Gasteiger partial charge in [0.15, 0.2) is 5.96 Å². The highest BCUT2D eigenvalue weighted by Crippen LogP contribution is 2.31. The van der Waals surface area contributed by atoms with Crippen LogP contribution in [0.4, 0.5) is 8.78 Å². The first-order valence-electron chi connectivity index (χ1n) is 13.4. The molecule has 6 unspecified atom stereocenters. The van der Waals surface area contributed by atoms with Crippen LogP contribution in [0.25, 0.3) is 0 Å². The highest BCUT2D eigenvalue weighted by atomic mass is 19.1. The first kappa shape index (κ1) is 25.8. The van der Waals surface area contributed by atoms with E-state index in [0.29, 0.717) is 50.0 Å². The molecule has 7 nitrogen and oxygen atoms in total. The van der Waals surface area contributed by atoms with Crippen molar-refractivity contribution in [3.63, 3.8) is 0 Å². The van der Waals surface area contributed by atoms with E-state index in [0.717, 1.165) is 57.8 Å². The summed E-state index contributed by atoms with van der Waals surface area (Å²) in [5, 5.41) is 6.37. The number of amides is 1. The summed E-state index contributed by atoms with van der Waals surface area (Å²) in [5.74, 6) is 0.907. The molecule has 0 spiro atoms. The van der Waals surface area contributed by atoms with Crippen molar-refractivity contribution in [2.75, 3.05) is 13.7 Å². The standard InChI is InChI=1S/C25H43F2N5O2/c1-34-21-7-2-4-16(12-21)15-28-25(30-24(33)18-5-3-6-20(27)13-18)29-23-14-22(31-32-23)17-8-10-19(26)11-9-17/h16-23,31-32H,2-15H2,1H3,(H2,28,29,30,33). The number of carbonyl (C=O) groups excluding carboxylic acids is 1. The number of carbonyl (C=O) groups is 1. The third kappa shape index (κ3) is 7.34. The van der Waals surface area contributed by atoms with Gasteiger partial charge in [0.1, 0.15) is 12.3 Å². The molecule has 1 saturated heterocycles. The third-order valence-electron chi connectivity index (χ3n) is 8.31. The quantitative estimate of drug-likeness (QED) is 0.343. The number of alkyl halides is 2. The molecular formula is C25H43F2N5O2. The van der Waals surface area contributed by atoms with Crippen molar-refractivity contribution >= 4 is 11.9 Å². The molecule has 0 aromatic carbocycles. The fraction of sp³-hybridized carbons (Fsp3) is 0.920. The molecule has 1 heterocycles. The number of hydrogen-bond donors (Lipinski definition) is 4. The Hall–Kier alpha value is -1.32. The van der Waals surface area contributed by atoms with Crippen LogP contribution < -0.4 is 21.5 Å².